The number of nitrogens with one attached hydrogen (secondary N) is 1. The van der Waals surface area contributed by atoms with Gasteiger partial charge >= 0.3 is 5.97 Å². The van der Waals surface area contributed by atoms with Crippen molar-refractivity contribution in [3.8, 4) is 5.75 Å². The molecule has 5 rings (SSSR count). The molecule has 2 aliphatic rings. The van der Waals surface area contributed by atoms with Crippen molar-refractivity contribution in [1.82, 2.24) is 4.98 Å². The van der Waals surface area contributed by atoms with Crippen molar-refractivity contribution in [2.75, 3.05) is 11.9 Å². The number of nitrogens with zero attached hydrogens (tertiary/aromatic N) is 1. The molecule has 0 aliphatic heterocycles. The molecule has 2 aromatic carbocycles. The smallest absolute Gasteiger partial charge is 0.329 e. The molecular weight excluding hydrogens is 508 g/mol. The van der Waals surface area contributed by atoms with Gasteiger partial charge in [-0.2, -0.15) is 0 Å². The molecule has 206 valence electrons. The molecule has 1 aromatic heterocycles. The van der Waals surface area contributed by atoms with E-state index in [-0.39, 0.29) is 5.41 Å². The van der Waals surface area contributed by atoms with Crippen LogP contribution < -0.4 is 10.1 Å². The van der Waals surface area contributed by atoms with Crippen molar-refractivity contribution in [1.29, 1.82) is 0 Å². The quantitative estimate of drug-likeness (QED) is 0.285. The fourth-order valence-corrected chi connectivity index (χ4v) is 7.14. The molecule has 1 unspecified atom stereocenters. The van der Waals surface area contributed by atoms with Crippen molar-refractivity contribution in [2.24, 2.45) is 11.8 Å². The fourth-order valence-electron chi connectivity index (χ4n) is 6.95. The molecule has 0 bridgehead atoms. The van der Waals surface area contributed by atoms with Crippen LogP contribution in [0.5, 0.6) is 5.75 Å². The summed E-state index contributed by atoms with van der Waals surface area (Å²) in [4.78, 5) is 16.9. The van der Waals surface area contributed by atoms with Crippen LogP contribution in [0.2, 0.25) is 5.02 Å². The van der Waals surface area contributed by atoms with E-state index in [1.165, 1.54) is 11.1 Å². The van der Waals surface area contributed by atoms with E-state index < -0.39 is 11.5 Å². The summed E-state index contributed by atoms with van der Waals surface area (Å²) in [5, 5.41) is 14.3. The fraction of sp³-hybridized carbons (Fsp3) is 0.455. The minimum Gasteiger partial charge on any atom is -0.493 e. The molecule has 0 radical (unpaired) electrons. The Morgan fingerprint density at radius 2 is 1.87 bits per heavy atom. The number of pyridine rings is 1. The number of carboxylic acid groups (broad SMARTS) is 1. The van der Waals surface area contributed by atoms with Crippen molar-refractivity contribution in [3.05, 3.63) is 88.7 Å². The predicted molar refractivity (Wildman–Crippen MR) is 157 cm³/mol. The molecule has 2 aliphatic carbocycles. The van der Waals surface area contributed by atoms with Gasteiger partial charge in [-0.05, 0) is 97.1 Å². The molecule has 2 N–H and O–H groups in total. The molecular formula is C33H39ClN2O3. The highest BCUT2D eigenvalue weighted by atomic mass is 35.5. The van der Waals surface area contributed by atoms with Gasteiger partial charge in [0.15, 0.2) is 0 Å². The van der Waals surface area contributed by atoms with Crippen molar-refractivity contribution < 1.29 is 14.6 Å². The van der Waals surface area contributed by atoms with Gasteiger partial charge in [0.05, 0.1) is 6.61 Å². The number of aliphatic carboxylic acids is 1. The molecule has 3 aromatic rings. The number of carboxylic acids is 1. The second-order valence-electron chi connectivity index (χ2n) is 12.0. The zero-order valence-corrected chi connectivity index (χ0v) is 23.9. The lowest BCUT2D eigenvalue weighted by atomic mass is 9.59. The van der Waals surface area contributed by atoms with Gasteiger partial charge in [0.2, 0.25) is 0 Å². The van der Waals surface area contributed by atoms with Gasteiger partial charge in [-0.1, -0.05) is 62.7 Å². The highest BCUT2D eigenvalue weighted by molar-refractivity contribution is 6.30. The minimum absolute atomic E-state index is 0.0143. The van der Waals surface area contributed by atoms with Gasteiger partial charge in [0.1, 0.15) is 11.3 Å². The Morgan fingerprint density at radius 3 is 2.59 bits per heavy atom. The van der Waals surface area contributed by atoms with Crippen LogP contribution in [0.4, 0.5) is 5.69 Å². The molecule has 0 amide bonds. The summed E-state index contributed by atoms with van der Waals surface area (Å²) >= 11 is 6.20. The number of benzene rings is 2. The summed E-state index contributed by atoms with van der Waals surface area (Å²) in [5.41, 5.74) is 3.71. The Hall–Kier alpha value is -3.05. The Kier molecular flexibility index (Phi) is 7.91. The topological polar surface area (TPSA) is 71.5 Å². The zero-order valence-electron chi connectivity index (χ0n) is 23.1. The zero-order chi connectivity index (χ0) is 27.6. The first-order valence-electron chi connectivity index (χ1n) is 14.1. The van der Waals surface area contributed by atoms with Gasteiger partial charge in [-0.15, -0.1) is 0 Å². The highest BCUT2D eigenvalue weighted by Gasteiger charge is 2.54. The van der Waals surface area contributed by atoms with E-state index >= 15 is 0 Å². The number of hydrogen-bond acceptors (Lipinski definition) is 4. The number of hydrogen-bond donors (Lipinski definition) is 2. The second-order valence-corrected chi connectivity index (χ2v) is 12.4. The van der Waals surface area contributed by atoms with Crippen LogP contribution in [0, 0.1) is 11.8 Å². The molecule has 1 saturated carbocycles. The van der Waals surface area contributed by atoms with Crippen LogP contribution in [0.15, 0.2) is 67.0 Å². The number of fused-ring (bicyclic) bond motifs is 2. The van der Waals surface area contributed by atoms with Crippen molar-refractivity contribution in [3.63, 3.8) is 0 Å². The third-order valence-electron chi connectivity index (χ3n) is 9.06. The van der Waals surface area contributed by atoms with Crippen LogP contribution in [0.1, 0.15) is 75.5 Å². The van der Waals surface area contributed by atoms with Crippen LogP contribution in [-0.4, -0.2) is 28.2 Å². The van der Waals surface area contributed by atoms with Crippen LogP contribution in [-0.2, 0) is 16.6 Å². The van der Waals surface area contributed by atoms with Gasteiger partial charge < -0.3 is 15.2 Å². The first-order valence-corrected chi connectivity index (χ1v) is 14.5. The molecule has 1 spiro atoms. The number of carbonyl (C=O) groups is 1. The lowest BCUT2D eigenvalue weighted by Gasteiger charge is -2.47. The Morgan fingerprint density at radius 1 is 1.10 bits per heavy atom. The molecule has 1 heterocycles. The summed E-state index contributed by atoms with van der Waals surface area (Å²) in [6.45, 7) is 7.25. The first kappa shape index (κ1) is 27.5. The summed E-state index contributed by atoms with van der Waals surface area (Å²) in [6, 6.07) is 18.1. The Balaban J connectivity index is 1.33. The molecule has 2 atom stereocenters. The lowest BCUT2D eigenvalue weighted by molar-refractivity contribution is -0.144. The summed E-state index contributed by atoms with van der Waals surface area (Å²) in [5.74, 6) is 1.31. The van der Waals surface area contributed by atoms with E-state index in [0.29, 0.717) is 42.2 Å². The van der Waals surface area contributed by atoms with Crippen LogP contribution in [0.25, 0.3) is 0 Å². The number of anilines is 1. The Bertz CT molecular complexity index is 1320. The monoisotopic (exact) mass is 546 g/mol. The average Bonchev–Trinajstić information content (AvgIpc) is 3.21. The highest BCUT2D eigenvalue weighted by Crippen LogP contribution is 2.56. The van der Waals surface area contributed by atoms with Crippen LogP contribution >= 0.6 is 11.6 Å². The van der Waals surface area contributed by atoms with Gasteiger partial charge in [0.25, 0.3) is 0 Å². The van der Waals surface area contributed by atoms with Gasteiger partial charge in [-0.25, -0.2) is 4.79 Å². The summed E-state index contributed by atoms with van der Waals surface area (Å²) in [7, 11) is 0. The average molecular weight is 547 g/mol. The normalized spacial score (nSPS) is 24.9. The van der Waals surface area contributed by atoms with E-state index in [9.17, 15) is 9.90 Å². The molecule has 5 nitrogen and oxygen atoms in total. The van der Waals surface area contributed by atoms with E-state index in [0.717, 1.165) is 42.7 Å². The van der Waals surface area contributed by atoms with E-state index in [1.54, 1.807) is 18.3 Å². The van der Waals surface area contributed by atoms with Gasteiger partial charge in [0, 0.05) is 28.7 Å². The lowest BCUT2D eigenvalue weighted by Crippen LogP contribution is -2.53. The molecule has 39 heavy (non-hydrogen) atoms. The second kappa shape index (κ2) is 11.2. The van der Waals surface area contributed by atoms with Crippen molar-refractivity contribution >= 4 is 23.3 Å². The maximum atomic E-state index is 12.7. The maximum Gasteiger partial charge on any atom is 0.329 e. The van der Waals surface area contributed by atoms with Crippen LogP contribution in [0.3, 0.4) is 0 Å². The molecule has 6 heteroatoms. The van der Waals surface area contributed by atoms with Gasteiger partial charge in [-0.3, -0.25) is 4.98 Å². The number of halogens is 1. The molecule has 0 saturated heterocycles. The largest absolute Gasteiger partial charge is 0.493 e. The van der Waals surface area contributed by atoms with E-state index in [4.69, 9.17) is 16.3 Å². The van der Waals surface area contributed by atoms with E-state index in [1.807, 2.05) is 24.4 Å². The van der Waals surface area contributed by atoms with E-state index in [2.05, 4.69) is 55.3 Å². The summed E-state index contributed by atoms with van der Waals surface area (Å²) in [6.07, 6.45) is 8.59. The number of ether oxygens (including phenoxy) is 1. The number of rotatable bonds is 9. The summed E-state index contributed by atoms with van der Waals surface area (Å²) < 4.78 is 6.33. The first-order chi connectivity index (χ1) is 18.7. The SMILES string of the molecule is CC(C)c1cnccc1OC[C@H](C)CC1Cc2ccccc2C12CCC(Nc1cccc(Cl)c1)(C(=O)O)CC2. The predicted octanol–water partition coefficient (Wildman–Crippen LogP) is 7.88. The number of aromatic nitrogens is 1. The molecule has 1 fully saturated rings. The van der Waals surface area contributed by atoms with Crippen molar-refractivity contribution in [2.45, 2.75) is 76.2 Å². The third-order valence-corrected chi connectivity index (χ3v) is 9.29. The minimum atomic E-state index is -0.999. The maximum absolute atomic E-state index is 12.7. The third kappa shape index (κ3) is 5.51. The standard InChI is InChI=1S/C33H39ClN2O3/c1-22(2)28-20-35-16-11-30(28)39-21-23(3)17-25-18-24-7-4-5-10-29(24)32(25)12-14-33(15-13-32,31(37)38)36-27-9-6-8-26(34)19-27/h4-11,16,19-20,22-23,25,36H,12-15,17-18,21H2,1-3H3,(H,37,38)/t23-,25?,32?,33?/m1/s1. The Labute approximate surface area is 237 Å².